The molecular weight excluding hydrogens is 614 g/mol. The quantitative estimate of drug-likeness (QED) is 0.250. The van der Waals surface area contributed by atoms with Crippen LogP contribution in [0.15, 0.2) is 0 Å². The molecule has 260 valence electrons. The second-order valence-electron chi connectivity index (χ2n) is 13.0. The Balaban J connectivity index is -0.000000577. The normalized spacial score (nSPS) is 17.0. The van der Waals surface area contributed by atoms with Crippen molar-refractivity contribution in [1.82, 2.24) is 15.7 Å². The second kappa shape index (κ2) is 25.7. The Morgan fingerprint density at radius 2 is 1.20 bits per heavy atom. The van der Waals surface area contributed by atoms with Crippen molar-refractivity contribution >= 4 is 46.9 Å². The molecule has 0 unspecified atom stereocenters. The van der Waals surface area contributed by atoms with Gasteiger partial charge in [0.15, 0.2) is 5.78 Å². The van der Waals surface area contributed by atoms with E-state index in [-0.39, 0.29) is 53.1 Å². The van der Waals surface area contributed by atoms with Crippen LogP contribution in [0, 0.1) is 12.3 Å². The van der Waals surface area contributed by atoms with Crippen LogP contribution in [-0.2, 0) is 28.6 Å². The van der Waals surface area contributed by atoms with Crippen LogP contribution in [0.3, 0.4) is 0 Å². The van der Waals surface area contributed by atoms with E-state index in [1.807, 2.05) is 0 Å². The average molecular weight is 675 g/mol. The molecule has 13 heteroatoms. The van der Waals surface area contributed by atoms with Crippen molar-refractivity contribution in [2.45, 2.75) is 143 Å². The number of hydroxylamine groups is 2. The van der Waals surface area contributed by atoms with Crippen LogP contribution in [0.5, 0.6) is 0 Å². The number of hydrogen-bond donors (Lipinski definition) is 2. The van der Waals surface area contributed by atoms with E-state index in [0.717, 1.165) is 44.0 Å². The zero-order valence-corrected chi connectivity index (χ0v) is 31.8. The molecule has 3 rings (SSSR count). The molecule has 0 aromatic carbocycles. The standard InChI is InChI=1S/C13H23NO3.C10H20N2O4.C5H9.C4H8O.ClH.Mg/c1-9(11(15)10-7-5-6-8-10)14-12(16)17-13(2,3)4;1-7(8(13)12(5)15-6)11-9(14)16-10(2,3)4;2*1-2-4-5-3-1;;/h9-10H,5-8H2,1-4H3,(H,14,16);7H,1-6H3,(H,11,14);1H,2-5H2;1-4H2;1H;/q;;-1;;;+2/p-1/t9-;7-;;;;/m00..../s1. The van der Waals surface area contributed by atoms with E-state index in [4.69, 9.17) is 19.0 Å². The number of nitrogens with one attached hydrogen (secondary N) is 2. The summed E-state index contributed by atoms with van der Waals surface area (Å²) < 4.78 is 15.1. The molecule has 1 saturated heterocycles. The van der Waals surface area contributed by atoms with Crippen molar-refractivity contribution in [2.75, 3.05) is 27.4 Å². The van der Waals surface area contributed by atoms with Gasteiger partial charge in [-0.2, -0.15) is 12.8 Å². The first kappa shape index (κ1) is 48.1. The van der Waals surface area contributed by atoms with Gasteiger partial charge in [0.25, 0.3) is 5.91 Å². The van der Waals surface area contributed by atoms with E-state index >= 15 is 0 Å². The summed E-state index contributed by atoms with van der Waals surface area (Å²) in [6.07, 6.45) is 13.6. The number of alkyl carbamates (subject to hydrolysis) is 2. The van der Waals surface area contributed by atoms with Crippen molar-refractivity contribution in [1.29, 1.82) is 0 Å². The zero-order chi connectivity index (χ0) is 33.1. The number of carbonyl (C=O) groups is 4. The average Bonchev–Trinajstić information content (AvgIpc) is 3.71. The number of likely N-dealkylation sites (N-methyl/N-ethyl adjacent to an activating group) is 1. The summed E-state index contributed by atoms with van der Waals surface area (Å²) in [5.74, 6) is -0.0957. The maximum atomic E-state index is 12.0. The Morgan fingerprint density at radius 1 is 0.778 bits per heavy atom. The van der Waals surface area contributed by atoms with Crippen LogP contribution in [0.25, 0.3) is 0 Å². The summed E-state index contributed by atoms with van der Waals surface area (Å²) in [5.41, 5.74) is -1.11. The van der Waals surface area contributed by atoms with Gasteiger partial charge in [0.05, 0.1) is 13.2 Å². The minimum absolute atomic E-state index is 0. The van der Waals surface area contributed by atoms with Gasteiger partial charge in [-0.1, -0.05) is 25.7 Å². The van der Waals surface area contributed by atoms with Gasteiger partial charge >= 0.3 is 35.2 Å². The molecule has 0 radical (unpaired) electrons. The van der Waals surface area contributed by atoms with Crippen LogP contribution in [-0.4, -0.2) is 103 Å². The van der Waals surface area contributed by atoms with Gasteiger partial charge in [-0.25, -0.2) is 14.7 Å². The number of rotatable bonds is 6. The van der Waals surface area contributed by atoms with E-state index in [9.17, 15) is 19.2 Å². The minimum atomic E-state index is -0.695. The number of ether oxygens (including phenoxy) is 3. The third-order valence-corrected chi connectivity index (χ3v) is 6.50. The first-order chi connectivity index (χ1) is 20.0. The Hall–Kier alpha value is -1.34. The predicted molar refractivity (Wildman–Crippen MR) is 173 cm³/mol. The van der Waals surface area contributed by atoms with Crippen molar-refractivity contribution in [3.63, 3.8) is 0 Å². The molecule has 0 aromatic heterocycles. The van der Waals surface area contributed by atoms with E-state index in [1.165, 1.54) is 52.7 Å². The molecule has 0 spiro atoms. The zero-order valence-electron chi connectivity index (χ0n) is 29.6. The number of hydrogen-bond acceptors (Lipinski definition) is 8. The number of halogens is 1. The van der Waals surface area contributed by atoms with Crippen LogP contribution in [0.2, 0.25) is 0 Å². The molecule has 3 fully saturated rings. The SMILES string of the molecule is C1CCOC1.CON(C)C(=O)[C@H](C)NC(=O)OC(C)(C)C.C[C@H](NC(=O)OC(C)(C)C)C(=O)C1CCCC1.[CH-]1CCCC1.[Cl-].[Mg+2]. The van der Waals surface area contributed by atoms with Crippen LogP contribution >= 0.6 is 0 Å². The van der Waals surface area contributed by atoms with Gasteiger partial charge in [0, 0.05) is 26.2 Å². The van der Waals surface area contributed by atoms with E-state index in [1.54, 1.807) is 55.4 Å². The number of amides is 3. The van der Waals surface area contributed by atoms with E-state index in [0.29, 0.717) is 0 Å². The first-order valence-corrected chi connectivity index (χ1v) is 15.7. The summed E-state index contributed by atoms with van der Waals surface area (Å²) in [7, 11) is 2.84. The fourth-order valence-corrected chi connectivity index (χ4v) is 4.26. The second-order valence-corrected chi connectivity index (χ2v) is 13.0. The van der Waals surface area contributed by atoms with Gasteiger partial charge < -0.3 is 43.7 Å². The number of ketones is 1. The van der Waals surface area contributed by atoms with Crippen molar-refractivity contribution in [3.05, 3.63) is 6.42 Å². The van der Waals surface area contributed by atoms with Gasteiger partial charge in [0.1, 0.15) is 17.2 Å². The molecule has 3 aliphatic rings. The molecule has 45 heavy (non-hydrogen) atoms. The molecular formula is C32H60ClMgN3O8. The van der Waals surface area contributed by atoms with E-state index in [2.05, 4.69) is 17.1 Å². The van der Waals surface area contributed by atoms with Crippen molar-refractivity contribution in [3.8, 4) is 0 Å². The molecule has 3 amide bonds. The summed E-state index contributed by atoms with van der Waals surface area (Å²) in [6.45, 7) is 15.9. The van der Waals surface area contributed by atoms with Gasteiger partial charge in [-0.15, -0.1) is 0 Å². The van der Waals surface area contributed by atoms with Gasteiger partial charge in [0.2, 0.25) is 0 Å². The summed E-state index contributed by atoms with van der Waals surface area (Å²) in [4.78, 5) is 51.0. The Morgan fingerprint density at radius 3 is 1.51 bits per heavy atom. The number of nitrogens with zero attached hydrogens (tertiary/aromatic N) is 1. The fourth-order valence-electron chi connectivity index (χ4n) is 4.26. The van der Waals surface area contributed by atoms with Crippen LogP contribution in [0.4, 0.5) is 9.59 Å². The Kier molecular flexibility index (Phi) is 27.5. The topological polar surface area (TPSA) is 133 Å². The Bertz CT molecular complexity index is 797. The molecule has 2 atom stereocenters. The molecule has 2 aliphatic carbocycles. The largest absolute Gasteiger partial charge is 2.00 e. The summed E-state index contributed by atoms with van der Waals surface area (Å²) in [6, 6.07) is -1.15. The molecule has 0 bridgehead atoms. The van der Waals surface area contributed by atoms with Crippen LogP contribution in [0.1, 0.15) is 120 Å². The predicted octanol–water partition coefficient (Wildman–Crippen LogP) is 2.76. The molecule has 1 aliphatic heterocycles. The molecule has 0 aromatic rings. The van der Waals surface area contributed by atoms with Gasteiger partial charge in [-0.3, -0.25) is 14.4 Å². The third-order valence-electron chi connectivity index (χ3n) is 6.50. The molecule has 2 N–H and O–H groups in total. The monoisotopic (exact) mass is 673 g/mol. The number of carbonyl (C=O) groups excluding carboxylic acids is 4. The van der Waals surface area contributed by atoms with E-state index < -0.39 is 35.5 Å². The Labute approximate surface area is 294 Å². The van der Waals surface area contributed by atoms with Crippen LogP contribution < -0.4 is 23.0 Å². The smallest absolute Gasteiger partial charge is 1.00 e. The maximum Gasteiger partial charge on any atom is 2.00 e. The molecule has 2 saturated carbocycles. The third kappa shape index (κ3) is 26.4. The minimum Gasteiger partial charge on any atom is -1.00 e. The summed E-state index contributed by atoms with van der Waals surface area (Å²) >= 11 is 0. The first-order valence-electron chi connectivity index (χ1n) is 15.7. The van der Waals surface area contributed by atoms with Gasteiger partial charge in [-0.05, 0) is 81.1 Å². The number of Topliss-reactive ketones (excluding diaryl/α,β-unsaturated/α-hetero) is 1. The fraction of sp³-hybridized carbons (Fsp3) is 0.844. The molecule has 1 heterocycles. The summed E-state index contributed by atoms with van der Waals surface area (Å²) in [5, 5.41) is 6.07. The van der Waals surface area contributed by atoms with Crippen molar-refractivity contribution in [2.24, 2.45) is 5.92 Å². The van der Waals surface area contributed by atoms with Crippen molar-refractivity contribution < 1.29 is 50.6 Å². The maximum absolute atomic E-state index is 12.0. The molecule has 11 nitrogen and oxygen atoms in total.